The summed E-state index contributed by atoms with van der Waals surface area (Å²) in [4.78, 5) is 13.0. The Labute approximate surface area is 123 Å². The molecule has 106 valence electrons. The van der Waals surface area contributed by atoms with Gasteiger partial charge >= 0.3 is 0 Å². The fourth-order valence-corrected chi connectivity index (χ4v) is 2.47. The Morgan fingerprint density at radius 3 is 2.48 bits per heavy atom. The third-order valence-electron chi connectivity index (χ3n) is 3.58. The lowest BCUT2D eigenvalue weighted by Gasteiger charge is -2.36. The number of rotatable bonds is 2. The molecule has 0 aliphatic carbocycles. The number of anilines is 3. The van der Waals surface area contributed by atoms with Gasteiger partial charge in [-0.1, -0.05) is 0 Å². The van der Waals surface area contributed by atoms with E-state index in [9.17, 15) is 0 Å². The largest absolute Gasteiger partial charge is 0.397 e. The van der Waals surface area contributed by atoms with E-state index in [2.05, 4.69) is 25.8 Å². The van der Waals surface area contributed by atoms with Crippen LogP contribution < -0.4 is 15.5 Å². The van der Waals surface area contributed by atoms with Gasteiger partial charge in [-0.05, 0) is 24.3 Å². The van der Waals surface area contributed by atoms with Crippen LogP contribution in [0.25, 0.3) is 0 Å². The minimum atomic E-state index is 0.622. The molecule has 0 unspecified atom stereocenters. The smallest absolute Gasteiger partial charge is 0.146 e. The number of aromatic nitrogens is 2. The van der Waals surface area contributed by atoms with Crippen molar-refractivity contribution in [3.05, 3.63) is 42.2 Å². The number of nitriles is 1. The van der Waals surface area contributed by atoms with Crippen molar-refractivity contribution in [2.24, 2.45) is 0 Å². The first kappa shape index (κ1) is 13.2. The number of piperazine rings is 1. The van der Waals surface area contributed by atoms with Crippen LogP contribution in [-0.4, -0.2) is 36.1 Å². The Balaban J connectivity index is 1.70. The molecule has 2 aromatic rings. The van der Waals surface area contributed by atoms with Gasteiger partial charge in [0.15, 0.2) is 0 Å². The monoisotopic (exact) mass is 280 g/mol. The summed E-state index contributed by atoms with van der Waals surface area (Å²) in [7, 11) is 0. The lowest BCUT2D eigenvalue weighted by atomic mass is 10.2. The molecule has 3 heterocycles. The number of pyridine rings is 2. The first-order chi connectivity index (χ1) is 10.3. The summed E-state index contributed by atoms with van der Waals surface area (Å²) >= 11 is 0. The van der Waals surface area contributed by atoms with Crippen LogP contribution in [-0.2, 0) is 0 Å². The van der Waals surface area contributed by atoms with E-state index in [4.69, 9.17) is 11.0 Å². The van der Waals surface area contributed by atoms with Gasteiger partial charge in [-0.25, -0.2) is 9.97 Å². The summed E-state index contributed by atoms with van der Waals surface area (Å²) in [6, 6.07) is 9.59. The molecule has 0 saturated carbocycles. The molecule has 0 spiro atoms. The van der Waals surface area contributed by atoms with Crippen LogP contribution in [0.3, 0.4) is 0 Å². The van der Waals surface area contributed by atoms with Crippen molar-refractivity contribution in [3.8, 4) is 6.07 Å². The fourth-order valence-electron chi connectivity index (χ4n) is 2.47. The molecule has 3 rings (SSSR count). The molecular weight excluding hydrogens is 264 g/mol. The minimum Gasteiger partial charge on any atom is -0.397 e. The second-order valence-corrected chi connectivity index (χ2v) is 4.91. The molecule has 0 atom stereocenters. The molecule has 2 N–H and O–H groups in total. The lowest BCUT2D eigenvalue weighted by molar-refractivity contribution is 0.641. The first-order valence-electron chi connectivity index (χ1n) is 6.84. The van der Waals surface area contributed by atoms with Crippen LogP contribution in [0.5, 0.6) is 0 Å². The molecule has 1 aliphatic heterocycles. The topological polar surface area (TPSA) is 82.1 Å². The molecular formula is C15H16N6. The highest BCUT2D eigenvalue weighted by Crippen LogP contribution is 2.20. The average molecular weight is 280 g/mol. The second-order valence-electron chi connectivity index (χ2n) is 4.91. The first-order valence-corrected chi connectivity index (χ1v) is 6.84. The highest BCUT2D eigenvalue weighted by atomic mass is 15.3. The Hall–Kier alpha value is -2.81. The quantitative estimate of drug-likeness (QED) is 0.891. The van der Waals surface area contributed by atoms with Gasteiger partial charge in [0, 0.05) is 32.4 Å². The molecule has 2 aromatic heterocycles. The van der Waals surface area contributed by atoms with Gasteiger partial charge in [-0.15, -0.1) is 0 Å². The molecule has 0 aromatic carbocycles. The molecule has 0 radical (unpaired) electrons. The van der Waals surface area contributed by atoms with Crippen molar-refractivity contribution in [2.45, 2.75) is 0 Å². The number of nitrogen functional groups attached to an aromatic ring is 1. The van der Waals surface area contributed by atoms with Gasteiger partial charge in [0.25, 0.3) is 0 Å². The summed E-state index contributed by atoms with van der Waals surface area (Å²) in [6.07, 6.45) is 3.40. The van der Waals surface area contributed by atoms with Crippen molar-refractivity contribution in [2.75, 3.05) is 41.7 Å². The summed E-state index contributed by atoms with van der Waals surface area (Å²) in [5, 5.41) is 9.16. The van der Waals surface area contributed by atoms with Crippen LogP contribution in [0.15, 0.2) is 36.7 Å². The Bertz CT molecular complexity index is 653. The standard InChI is InChI=1S/C15H16N6/c16-10-12-2-1-5-18-15(12)21-8-6-20(7-9-21)14-4-3-13(17)11-19-14/h1-5,11H,6-9,17H2. The van der Waals surface area contributed by atoms with Gasteiger partial charge in [0.2, 0.25) is 0 Å². The molecule has 6 heteroatoms. The third-order valence-corrected chi connectivity index (χ3v) is 3.58. The Morgan fingerprint density at radius 1 is 1.05 bits per heavy atom. The van der Waals surface area contributed by atoms with Crippen LogP contribution in [0.2, 0.25) is 0 Å². The maximum absolute atomic E-state index is 9.16. The summed E-state index contributed by atoms with van der Waals surface area (Å²) in [5.41, 5.74) is 6.95. The minimum absolute atomic E-state index is 0.622. The highest BCUT2D eigenvalue weighted by Gasteiger charge is 2.20. The van der Waals surface area contributed by atoms with Crippen LogP contribution >= 0.6 is 0 Å². The molecule has 6 nitrogen and oxygen atoms in total. The highest BCUT2D eigenvalue weighted by molar-refractivity contribution is 5.55. The summed E-state index contributed by atoms with van der Waals surface area (Å²) < 4.78 is 0. The Kier molecular flexibility index (Phi) is 3.56. The van der Waals surface area contributed by atoms with Crippen LogP contribution in [0.1, 0.15) is 5.56 Å². The van der Waals surface area contributed by atoms with E-state index in [1.807, 2.05) is 12.1 Å². The molecule has 1 fully saturated rings. The van der Waals surface area contributed by atoms with Crippen molar-refractivity contribution < 1.29 is 0 Å². The van der Waals surface area contributed by atoms with E-state index in [-0.39, 0.29) is 0 Å². The van der Waals surface area contributed by atoms with Crippen molar-refractivity contribution in [1.29, 1.82) is 5.26 Å². The van der Waals surface area contributed by atoms with Crippen LogP contribution in [0, 0.1) is 11.3 Å². The van der Waals surface area contributed by atoms with E-state index in [0.717, 1.165) is 37.8 Å². The van der Waals surface area contributed by atoms with Gasteiger partial charge in [-0.3, -0.25) is 0 Å². The lowest BCUT2D eigenvalue weighted by Crippen LogP contribution is -2.47. The molecule has 1 saturated heterocycles. The molecule has 1 aliphatic rings. The number of hydrogen-bond acceptors (Lipinski definition) is 6. The number of nitrogens with zero attached hydrogens (tertiary/aromatic N) is 5. The zero-order valence-corrected chi connectivity index (χ0v) is 11.6. The maximum atomic E-state index is 9.16. The van der Waals surface area contributed by atoms with E-state index < -0.39 is 0 Å². The predicted molar refractivity (Wildman–Crippen MR) is 82.0 cm³/mol. The third kappa shape index (κ3) is 2.72. The predicted octanol–water partition coefficient (Wildman–Crippen LogP) is 1.26. The molecule has 0 amide bonds. The average Bonchev–Trinajstić information content (AvgIpc) is 2.56. The zero-order valence-electron chi connectivity index (χ0n) is 11.6. The van der Waals surface area contributed by atoms with Crippen molar-refractivity contribution in [3.63, 3.8) is 0 Å². The van der Waals surface area contributed by atoms with E-state index in [1.165, 1.54) is 0 Å². The molecule has 0 bridgehead atoms. The van der Waals surface area contributed by atoms with E-state index in [0.29, 0.717) is 11.3 Å². The number of nitrogens with two attached hydrogens (primary N) is 1. The van der Waals surface area contributed by atoms with Crippen LogP contribution in [0.4, 0.5) is 17.3 Å². The zero-order chi connectivity index (χ0) is 14.7. The fraction of sp³-hybridized carbons (Fsp3) is 0.267. The van der Waals surface area contributed by atoms with Gasteiger partial charge < -0.3 is 15.5 Å². The van der Waals surface area contributed by atoms with Gasteiger partial charge in [0.1, 0.15) is 17.7 Å². The van der Waals surface area contributed by atoms with E-state index in [1.54, 1.807) is 24.5 Å². The number of hydrogen-bond donors (Lipinski definition) is 1. The van der Waals surface area contributed by atoms with Gasteiger partial charge in [-0.2, -0.15) is 5.26 Å². The molecule has 21 heavy (non-hydrogen) atoms. The van der Waals surface area contributed by atoms with E-state index >= 15 is 0 Å². The maximum Gasteiger partial charge on any atom is 0.146 e. The summed E-state index contributed by atoms with van der Waals surface area (Å²) in [6.45, 7) is 3.33. The summed E-state index contributed by atoms with van der Waals surface area (Å²) in [5.74, 6) is 1.70. The SMILES string of the molecule is N#Cc1cccnc1N1CCN(c2ccc(N)cn2)CC1. The van der Waals surface area contributed by atoms with Crippen molar-refractivity contribution in [1.82, 2.24) is 9.97 Å². The Morgan fingerprint density at radius 2 is 1.81 bits per heavy atom. The normalized spacial score (nSPS) is 14.8. The van der Waals surface area contributed by atoms with Gasteiger partial charge in [0.05, 0.1) is 17.4 Å². The van der Waals surface area contributed by atoms with Crippen molar-refractivity contribution >= 4 is 17.3 Å². The second kappa shape index (κ2) is 5.67.